The van der Waals surface area contributed by atoms with E-state index >= 15 is 0 Å². The van der Waals surface area contributed by atoms with Crippen LogP contribution in [0.25, 0.3) is 0 Å². The summed E-state index contributed by atoms with van der Waals surface area (Å²) in [6, 6.07) is 2.63. The maximum absolute atomic E-state index is 12.3. The van der Waals surface area contributed by atoms with Crippen molar-refractivity contribution in [2.45, 2.75) is 19.9 Å². The number of anilines is 1. The van der Waals surface area contributed by atoms with Gasteiger partial charge in [0.1, 0.15) is 18.3 Å². The van der Waals surface area contributed by atoms with Gasteiger partial charge in [-0.2, -0.15) is 0 Å². The lowest BCUT2D eigenvalue weighted by Gasteiger charge is -2.31. The SMILES string of the molecule is CCNc1ccc(C(=O)N2CC(=O)NC(=O)C2C)nc1. The Morgan fingerprint density at radius 3 is 2.85 bits per heavy atom. The maximum atomic E-state index is 12.3. The second-order valence-corrected chi connectivity index (χ2v) is 4.48. The van der Waals surface area contributed by atoms with Gasteiger partial charge in [-0.3, -0.25) is 19.7 Å². The van der Waals surface area contributed by atoms with E-state index in [1.165, 1.54) is 4.90 Å². The lowest BCUT2D eigenvalue weighted by molar-refractivity contribution is -0.138. The van der Waals surface area contributed by atoms with E-state index in [2.05, 4.69) is 15.6 Å². The van der Waals surface area contributed by atoms with E-state index in [0.29, 0.717) is 0 Å². The molecule has 2 heterocycles. The molecule has 0 aromatic carbocycles. The predicted octanol–water partition coefficient (Wildman–Crippen LogP) is 0.000500. The molecule has 106 valence electrons. The van der Waals surface area contributed by atoms with Crippen molar-refractivity contribution in [2.24, 2.45) is 0 Å². The molecule has 1 aromatic heterocycles. The molecular weight excluding hydrogens is 260 g/mol. The third-order valence-corrected chi connectivity index (χ3v) is 3.05. The third-order valence-electron chi connectivity index (χ3n) is 3.05. The van der Waals surface area contributed by atoms with Crippen molar-refractivity contribution in [3.8, 4) is 0 Å². The molecule has 1 saturated heterocycles. The lowest BCUT2D eigenvalue weighted by Crippen LogP contribution is -2.58. The third kappa shape index (κ3) is 2.76. The molecule has 0 aliphatic carbocycles. The van der Waals surface area contributed by atoms with Crippen LogP contribution in [-0.2, 0) is 9.59 Å². The number of rotatable bonds is 3. The molecule has 2 rings (SSSR count). The van der Waals surface area contributed by atoms with Gasteiger partial charge in [0.05, 0.1) is 11.9 Å². The summed E-state index contributed by atoms with van der Waals surface area (Å²) in [5.41, 5.74) is 1.02. The number of carbonyl (C=O) groups is 3. The standard InChI is InChI=1S/C13H16N4O3/c1-3-14-9-4-5-10(15-6-9)13(20)17-7-11(18)16-12(19)8(17)2/h4-6,8,14H,3,7H2,1-2H3,(H,16,18,19). The molecule has 0 bridgehead atoms. The van der Waals surface area contributed by atoms with Crippen LogP contribution in [0.15, 0.2) is 18.3 Å². The molecule has 1 unspecified atom stereocenters. The van der Waals surface area contributed by atoms with E-state index in [0.717, 1.165) is 12.2 Å². The zero-order valence-corrected chi connectivity index (χ0v) is 11.3. The van der Waals surface area contributed by atoms with Gasteiger partial charge in [-0.1, -0.05) is 0 Å². The first-order chi connectivity index (χ1) is 9.52. The Morgan fingerprint density at radius 2 is 2.25 bits per heavy atom. The van der Waals surface area contributed by atoms with E-state index in [1.54, 1.807) is 25.3 Å². The van der Waals surface area contributed by atoms with Crippen LogP contribution in [0.4, 0.5) is 5.69 Å². The number of hydrogen-bond donors (Lipinski definition) is 2. The monoisotopic (exact) mass is 276 g/mol. The van der Waals surface area contributed by atoms with Crippen molar-refractivity contribution >= 4 is 23.4 Å². The first-order valence-corrected chi connectivity index (χ1v) is 6.37. The smallest absolute Gasteiger partial charge is 0.273 e. The number of pyridine rings is 1. The van der Waals surface area contributed by atoms with Gasteiger partial charge in [0.25, 0.3) is 5.91 Å². The maximum Gasteiger partial charge on any atom is 0.273 e. The normalized spacial score (nSPS) is 18.7. The zero-order valence-electron chi connectivity index (χ0n) is 11.3. The van der Waals surface area contributed by atoms with E-state index < -0.39 is 23.8 Å². The van der Waals surface area contributed by atoms with Crippen LogP contribution in [0.2, 0.25) is 0 Å². The minimum absolute atomic E-state index is 0.137. The second-order valence-electron chi connectivity index (χ2n) is 4.48. The lowest BCUT2D eigenvalue weighted by atomic mass is 10.1. The Bertz CT molecular complexity index is 541. The van der Waals surface area contributed by atoms with Gasteiger partial charge in [0.15, 0.2) is 0 Å². The zero-order chi connectivity index (χ0) is 14.7. The average molecular weight is 276 g/mol. The van der Waals surface area contributed by atoms with Gasteiger partial charge < -0.3 is 10.2 Å². The van der Waals surface area contributed by atoms with Crippen LogP contribution in [-0.4, -0.2) is 46.7 Å². The number of aromatic nitrogens is 1. The summed E-state index contributed by atoms with van der Waals surface area (Å²) in [5, 5.41) is 5.26. The summed E-state index contributed by atoms with van der Waals surface area (Å²) in [6.45, 7) is 4.15. The number of nitrogens with one attached hydrogen (secondary N) is 2. The van der Waals surface area contributed by atoms with Crippen LogP contribution in [0.3, 0.4) is 0 Å². The Morgan fingerprint density at radius 1 is 1.50 bits per heavy atom. The molecule has 2 N–H and O–H groups in total. The Kier molecular flexibility index (Phi) is 3.97. The largest absolute Gasteiger partial charge is 0.384 e. The van der Waals surface area contributed by atoms with Crippen LogP contribution in [0.1, 0.15) is 24.3 Å². The second kappa shape index (κ2) is 5.68. The minimum atomic E-state index is -0.685. The molecule has 0 spiro atoms. The van der Waals surface area contributed by atoms with Gasteiger partial charge in [0, 0.05) is 6.54 Å². The van der Waals surface area contributed by atoms with Gasteiger partial charge in [0.2, 0.25) is 11.8 Å². The van der Waals surface area contributed by atoms with Gasteiger partial charge >= 0.3 is 0 Å². The molecule has 1 fully saturated rings. The van der Waals surface area contributed by atoms with Crippen LogP contribution in [0.5, 0.6) is 0 Å². The molecule has 7 nitrogen and oxygen atoms in total. The van der Waals surface area contributed by atoms with Crippen molar-refractivity contribution in [1.29, 1.82) is 0 Å². The number of piperazine rings is 1. The van der Waals surface area contributed by atoms with Crippen molar-refractivity contribution < 1.29 is 14.4 Å². The summed E-state index contributed by atoms with van der Waals surface area (Å²) in [4.78, 5) is 40.4. The van der Waals surface area contributed by atoms with Crippen LogP contribution in [0, 0.1) is 0 Å². The first kappa shape index (κ1) is 14.0. The summed E-state index contributed by atoms with van der Waals surface area (Å²) in [7, 11) is 0. The fourth-order valence-corrected chi connectivity index (χ4v) is 1.94. The highest BCUT2D eigenvalue weighted by molar-refractivity contribution is 6.06. The van der Waals surface area contributed by atoms with Crippen molar-refractivity contribution in [2.75, 3.05) is 18.4 Å². The van der Waals surface area contributed by atoms with E-state index in [-0.39, 0.29) is 12.2 Å². The molecule has 0 radical (unpaired) electrons. The molecule has 1 aliphatic rings. The van der Waals surface area contributed by atoms with Crippen molar-refractivity contribution in [3.05, 3.63) is 24.0 Å². The van der Waals surface area contributed by atoms with Gasteiger partial charge in [-0.05, 0) is 26.0 Å². The van der Waals surface area contributed by atoms with E-state index in [9.17, 15) is 14.4 Å². The average Bonchev–Trinajstić information content (AvgIpc) is 2.43. The number of carbonyl (C=O) groups excluding carboxylic acids is 3. The first-order valence-electron chi connectivity index (χ1n) is 6.37. The van der Waals surface area contributed by atoms with Crippen LogP contribution >= 0.6 is 0 Å². The molecular formula is C13H16N4O3. The van der Waals surface area contributed by atoms with Crippen molar-refractivity contribution in [3.63, 3.8) is 0 Å². The summed E-state index contributed by atoms with van der Waals surface area (Å²) in [5.74, 6) is -1.38. The highest BCUT2D eigenvalue weighted by Gasteiger charge is 2.34. The molecule has 7 heteroatoms. The number of nitrogens with zero attached hydrogens (tertiary/aromatic N) is 2. The minimum Gasteiger partial charge on any atom is -0.384 e. The number of imide groups is 1. The quantitative estimate of drug-likeness (QED) is 0.758. The Balaban J connectivity index is 2.17. The summed E-state index contributed by atoms with van der Waals surface area (Å²) in [6.07, 6.45) is 1.55. The van der Waals surface area contributed by atoms with E-state index in [4.69, 9.17) is 0 Å². The fraction of sp³-hybridized carbons (Fsp3) is 0.385. The topological polar surface area (TPSA) is 91.4 Å². The van der Waals surface area contributed by atoms with E-state index in [1.807, 2.05) is 6.92 Å². The van der Waals surface area contributed by atoms with Gasteiger partial charge in [-0.15, -0.1) is 0 Å². The summed E-state index contributed by atoms with van der Waals surface area (Å²) >= 11 is 0. The molecule has 3 amide bonds. The molecule has 1 aromatic rings. The summed E-state index contributed by atoms with van der Waals surface area (Å²) < 4.78 is 0. The number of amides is 3. The van der Waals surface area contributed by atoms with Crippen molar-refractivity contribution in [1.82, 2.24) is 15.2 Å². The Hall–Kier alpha value is -2.44. The highest BCUT2D eigenvalue weighted by atomic mass is 16.2. The molecule has 20 heavy (non-hydrogen) atoms. The number of hydrogen-bond acceptors (Lipinski definition) is 5. The Labute approximate surface area is 116 Å². The fourth-order valence-electron chi connectivity index (χ4n) is 1.94. The molecule has 0 saturated carbocycles. The highest BCUT2D eigenvalue weighted by Crippen LogP contribution is 2.12. The van der Waals surface area contributed by atoms with Crippen LogP contribution < -0.4 is 10.6 Å². The molecule has 1 atom stereocenters. The van der Waals surface area contributed by atoms with Gasteiger partial charge in [-0.25, -0.2) is 4.98 Å². The molecule has 1 aliphatic heterocycles. The predicted molar refractivity (Wildman–Crippen MR) is 72.0 cm³/mol.